The maximum absolute atomic E-state index is 9.21. The number of furan rings is 1. The Hall–Kier alpha value is -6.18. The van der Waals surface area contributed by atoms with Crippen molar-refractivity contribution in [3.05, 3.63) is 170 Å². The van der Waals surface area contributed by atoms with Crippen LogP contribution in [0, 0.1) is 0 Å². The highest BCUT2D eigenvalue weighted by Gasteiger charge is 2.19. The topological polar surface area (TPSA) is 13.1 Å². The lowest BCUT2D eigenvalue weighted by molar-refractivity contribution is 0.669. The van der Waals surface area contributed by atoms with Crippen LogP contribution in [0.4, 0.5) is 0 Å². The fourth-order valence-corrected chi connectivity index (χ4v) is 6.81. The molecule has 0 aliphatic rings. The van der Waals surface area contributed by atoms with Crippen molar-refractivity contribution in [3.8, 4) is 33.4 Å². The van der Waals surface area contributed by atoms with Crippen molar-refractivity contribution in [1.29, 1.82) is 0 Å². The molecular weight excluding hydrogens is 569 g/mol. The Morgan fingerprint density at radius 3 is 1.87 bits per heavy atom. The third-order valence-corrected chi connectivity index (χ3v) is 8.80. The molecule has 0 atom stereocenters. The zero-order chi connectivity index (χ0) is 43.1. The predicted molar refractivity (Wildman–Crippen MR) is 200 cm³/mol. The van der Waals surface area contributed by atoms with Gasteiger partial charge >= 0.3 is 0 Å². The van der Waals surface area contributed by atoms with Gasteiger partial charge in [-0.1, -0.05) is 145 Å². The molecule has 0 aliphatic carbocycles. The molecule has 0 amide bonds. The van der Waals surface area contributed by atoms with E-state index < -0.39 is 66.5 Å². The van der Waals surface area contributed by atoms with Crippen LogP contribution in [-0.2, 0) is 0 Å². The van der Waals surface area contributed by atoms with Gasteiger partial charge in [0.25, 0.3) is 0 Å². The molecule has 1 heteroatoms. The molecule has 0 radical (unpaired) electrons. The van der Waals surface area contributed by atoms with E-state index in [9.17, 15) is 2.74 Å². The standard InChI is InChI=1S/C46H28O/c1-2-13-31-27-32(24-23-29(31)11-1)35-20-10-22-42-46(35)41-26-25-33(28-43(41)47-42)44-37-16-5-7-18-39(37)45(40-19-8-6-17-38(40)44)36-21-9-14-30-12-3-4-15-34(30)36/h1-28H/i1D,2D,3D,4D,9D,11D,12D,13D,14D,15D,21D,23D,24D,27D. The fraction of sp³-hybridized carbons (Fsp3) is 0. The van der Waals surface area contributed by atoms with Crippen molar-refractivity contribution in [3.63, 3.8) is 0 Å². The Morgan fingerprint density at radius 1 is 0.404 bits per heavy atom. The van der Waals surface area contributed by atoms with E-state index in [0.717, 1.165) is 21.9 Å². The molecule has 9 aromatic carbocycles. The van der Waals surface area contributed by atoms with E-state index in [2.05, 4.69) is 0 Å². The molecule has 1 aromatic heterocycles. The lowest BCUT2D eigenvalue weighted by Gasteiger charge is -2.18. The molecule has 0 saturated heterocycles. The summed E-state index contributed by atoms with van der Waals surface area (Å²) >= 11 is 0. The molecular formula is C46H28O. The van der Waals surface area contributed by atoms with E-state index in [1.54, 1.807) is 18.2 Å². The van der Waals surface area contributed by atoms with Gasteiger partial charge in [-0.3, -0.25) is 0 Å². The molecule has 0 N–H and O–H groups in total. The Bertz CT molecular complexity index is 3580. The molecule has 47 heavy (non-hydrogen) atoms. The first-order chi connectivity index (χ1) is 29.1. The van der Waals surface area contributed by atoms with Crippen LogP contribution in [0.1, 0.15) is 19.2 Å². The van der Waals surface area contributed by atoms with Crippen LogP contribution in [0.5, 0.6) is 0 Å². The van der Waals surface area contributed by atoms with Crippen molar-refractivity contribution in [2.45, 2.75) is 0 Å². The van der Waals surface area contributed by atoms with E-state index in [4.69, 9.17) is 20.9 Å². The van der Waals surface area contributed by atoms with Crippen LogP contribution in [0.2, 0.25) is 0 Å². The van der Waals surface area contributed by atoms with Gasteiger partial charge in [0.05, 0.1) is 19.2 Å². The molecule has 1 heterocycles. The van der Waals surface area contributed by atoms with Crippen molar-refractivity contribution >= 4 is 65.0 Å². The first-order valence-electron chi connectivity index (χ1n) is 22.0. The number of rotatable bonds is 3. The fourth-order valence-electron chi connectivity index (χ4n) is 6.81. The molecule has 0 aliphatic heterocycles. The molecule has 0 fully saturated rings. The maximum atomic E-state index is 9.21. The largest absolute Gasteiger partial charge is 0.456 e. The van der Waals surface area contributed by atoms with Crippen LogP contribution >= 0.6 is 0 Å². The SMILES string of the molecule is [2H]c1c([2H])c([2H])c2c([2H])c(-c3cccc4oc5cc(-c6c7ccccc7c(-c7c([2H])c([2H])c([2H])c8c([2H])c([2H])c([2H])c([2H])c78)c7ccccc67)ccc5c34)c([2H])c([2H])c2c1[2H]. The number of hydrogen-bond acceptors (Lipinski definition) is 1. The van der Waals surface area contributed by atoms with Gasteiger partial charge in [-0.2, -0.15) is 0 Å². The van der Waals surface area contributed by atoms with E-state index in [1.807, 2.05) is 66.7 Å². The van der Waals surface area contributed by atoms with Gasteiger partial charge in [0.1, 0.15) is 11.2 Å². The first-order valence-corrected chi connectivity index (χ1v) is 15.0. The Kier molecular flexibility index (Phi) is 3.44. The van der Waals surface area contributed by atoms with Crippen LogP contribution in [0.3, 0.4) is 0 Å². The van der Waals surface area contributed by atoms with E-state index in [0.29, 0.717) is 43.8 Å². The van der Waals surface area contributed by atoms with Gasteiger partial charge in [-0.15, -0.1) is 0 Å². The minimum atomic E-state index is -0.540. The lowest BCUT2D eigenvalue weighted by Crippen LogP contribution is -1.91. The van der Waals surface area contributed by atoms with E-state index in [1.165, 1.54) is 0 Å². The summed E-state index contributed by atoms with van der Waals surface area (Å²) in [7, 11) is 0. The lowest BCUT2D eigenvalue weighted by atomic mass is 9.84. The summed E-state index contributed by atoms with van der Waals surface area (Å²) in [4.78, 5) is 0. The zero-order valence-corrected chi connectivity index (χ0v) is 24.5. The molecule has 0 unspecified atom stereocenters. The van der Waals surface area contributed by atoms with Gasteiger partial charge in [0.2, 0.25) is 0 Å². The second-order valence-electron chi connectivity index (χ2n) is 11.3. The van der Waals surface area contributed by atoms with Crippen LogP contribution < -0.4 is 0 Å². The number of hydrogen-bond donors (Lipinski definition) is 0. The average molecular weight is 611 g/mol. The minimum absolute atomic E-state index is 0.00413. The van der Waals surface area contributed by atoms with Gasteiger partial charge in [-0.05, 0) is 101 Å². The van der Waals surface area contributed by atoms with Crippen LogP contribution in [0.15, 0.2) is 174 Å². The highest BCUT2D eigenvalue weighted by Crippen LogP contribution is 2.46. The third kappa shape index (κ3) is 3.97. The summed E-state index contributed by atoms with van der Waals surface area (Å²) in [5, 5.41) is 3.50. The Balaban J connectivity index is 1.26. The predicted octanol–water partition coefficient (Wildman–Crippen LogP) is 13.2. The van der Waals surface area contributed by atoms with Gasteiger partial charge in [0, 0.05) is 10.8 Å². The summed E-state index contributed by atoms with van der Waals surface area (Å²) in [5.74, 6) is 0. The highest BCUT2D eigenvalue weighted by atomic mass is 16.3. The van der Waals surface area contributed by atoms with E-state index in [-0.39, 0.29) is 50.8 Å². The van der Waals surface area contributed by atoms with Crippen molar-refractivity contribution in [2.75, 3.05) is 0 Å². The molecule has 1 nitrogen and oxygen atoms in total. The van der Waals surface area contributed by atoms with Crippen molar-refractivity contribution in [1.82, 2.24) is 0 Å². The Labute approximate surface area is 291 Å². The smallest absolute Gasteiger partial charge is 0.136 e. The normalized spacial score (nSPS) is 16.0. The first kappa shape index (κ1) is 15.9. The quantitative estimate of drug-likeness (QED) is 0.181. The average Bonchev–Trinajstić information content (AvgIpc) is 3.64. The number of benzene rings is 9. The van der Waals surface area contributed by atoms with Gasteiger partial charge < -0.3 is 4.42 Å². The molecule has 10 aromatic rings. The summed E-state index contributed by atoms with van der Waals surface area (Å²) in [6.45, 7) is 0. The second-order valence-corrected chi connectivity index (χ2v) is 11.3. The van der Waals surface area contributed by atoms with Crippen molar-refractivity contribution in [2.24, 2.45) is 0 Å². The second kappa shape index (κ2) is 10.2. The van der Waals surface area contributed by atoms with Gasteiger partial charge in [0.15, 0.2) is 0 Å². The van der Waals surface area contributed by atoms with Gasteiger partial charge in [-0.25, -0.2) is 0 Å². The van der Waals surface area contributed by atoms with Crippen LogP contribution in [-0.4, -0.2) is 0 Å². The molecule has 218 valence electrons. The Morgan fingerprint density at radius 2 is 1.09 bits per heavy atom. The molecule has 0 bridgehead atoms. The van der Waals surface area contributed by atoms with Crippen LogP contribution in [0.25, 0.3) is 98.4 Å². The summed E-state index contributed by atoms with van der Waals surface area (Å²) in [5.41, 5.74) is 3.48. The molecule has 10 rings (SSSR count). The van der Waals surface area contributed by atoms with Crippen molar-refractivity contribution < 1.29 is 23.6 Å². The molecule has 0 spiro atoms. The monoisotopic (exact) mass is 610 g/mol. The highest BCUT2D eigenvalue weighted by molar-refractivity contribution is 6.24. The minimum Gasteiger partial charge on any atom is -0.456 e. The van der Waals surface area contributed by atoms with E-state index >= 15 is 0 Å². The summed E-state index contributed by atoms with van der Waals surface area (Å²) in [6.07, 6.45) is 0. The maximum Gasteiger partial charge on any atom is 0.136 e. The third-order valence-electron chi connectivity index (χ3n) is 8.80. The number of fused-ring (bicyclic) bond motifs is 7. The zero-order valence-electron chi connectivity index (χ0n) is 38.5. The summed E-state index contributed by atoms with van der Waals surface area (Å²) < 4.78 is 128. The summed E-state index contributed by atoms with van der Waals surface area (Å²) in [6, 6.07) is 19.6. The molecule has 0 saturated carbocycles.